The van der Waals surface area contributed by atoms with E-state index in [-0.39, 0.29) is 17.9 Å². The van der Waals surface area contributed by atoms with Gasteiger partial charge in [0.25, 0.3) is 11.8 Å². The fraction of sp³-hybridized carbons (Fsp3) is 0.650. The number of hydrogen-bond donors (Lipinski definition) is 1. The van der Waals surface area contributed by atoms with E-state index in [0.717, 1.165) is 45.6 Å². The molecule has 1 N–H and O–H groups in total. The van der Waals surface area contributed by atoms with Crippen LogP contribution in [0.25, 0.3) is 0 Å². The molecule has 0 radical (unpaired) electrons. The molecule has 6 nitrogen and oxygen atoms in total. The zero-order chi connectivity index (χ0) is 18.4. The number of likely N-dealkylation sites (N-methyl/N-ethyl adjacent to an activating group) is 1. The number of piperazine rings is 1. The summed E-state index contributed by atoms with van der Waals surface area (Å²) in [5, 5.41) is 3.10. The van der Waals surface area contributed by atoms with Crippen molar-refractivity contribution in [3.8, 4) is 0 Å². The van der Waals surface area contributed by atoms with Gasteiger partial charge < -0.3 is 15.1 Å². The number of carbonyl (C=O) groups is 2. The zero-order valence-corrected chi connectivity index (χ0v) is 15.7. The molecule has 142 valence electrons. The summed E-state index contributed by atoms with van der Waals surface area (Å²) < 4.78 is 0. The molecule has 3 rings (SSSR count). The van der Waals surface area contributed by atoms with Crippen LogP contribution in [0.5, 0.6) is 0 Å². The Hall–Kier alpha value is -1.95. The van der Waals surface area contributed by atoms with Crippen LogP contribution in [0.15, 0.2) is 18.3 Å². The first kappa shape index (κ1) is 18.8. The van der Waals surface area contributed by atoms with Gasteiger partial charge in [-0.05, 0) is 31.5 Å². The molecule has 0 spiro atoms. The molecule has 1 saturated carbocycles. The van der Waals surface area contributed by atoms with Crippen LogP contribution >= 0.6 is 0 Å². The highest BCUT2D eigenvalue weighted by molar-refractivity contribution is 5.98. The van der Waals surface area contributed by atoms with E-state index in [1.807, 2.05) is 4.90 Å². The van der Waals surface area contributed by atoms with Crippen molar-refractivity contribution in [1.29, 1.82) is 0 Å². The lowest BCUT2D eigenvalue weighted by Gasteiger charge is -2.34. The van der Waals surface area contributed by atoms with Gasteiger partial charge in [-0.25, -0.2) is 0 Å². The first-order valence-corrected chi connectivity index (χ1v) is 9.96. The maximum atomic E-state index is 12.8. The van der Waals surface area contributed by atoms with Crippen LogP contribution in [0, 0.1) is 0 Å². The highest BCUT2D eigenvalue weighted by Gasteiger charge is 2.23. The van der Waals surface area contributed by atoms with Gasteiger partial charge in [-0.2, -0.15) is 0 Å². The molecule has 1 aliphatic heterocycles. The number of aromatic nitrogens is 1. The van der Waals surface area contributed by atoms with Crippen LogP contribution in [0.4, 0.5) is 0 Å². The Morgan fingerprint density at radius 2 is 1.81 bits per heavy atom. The number of nitrogens with zero attached hydrogens (tertiary/aromatic N) is 3. The second-order valence-corrected chi connectivity index (χ2v) is 7.32. The topological polar surface area (TPSA) is 65.5 Å². The van der Waals surface area contributed by atoms with Gasteiger partial charge in [-0.15, -0.1) is 0 Å². The van der Waals surface area contributed by atoms with Crippen molar-refractivity contribution in [1.82, 2.24) is 20.1 Å². The van der Waals surface area contributed by atoms with Crippen LogP contribution in [0.1, 0.15) is 66.3 Å². The molecule has 0 bridgehead atoms. The van der Waals surface area contributed by atoms with E-state index in [1.54, 1.807) is 18.3 Å². The summed E-state index contributed by atoms with van der Waals surface area (Å²) in [4.78, 5) is 33.7. The molecule has 0 atom stereocenters. The van der Waals surface area contributed by atoms with Gasteiger partial charge in [-0.1, -0.05) is 32.6 Å². The summed E-state index contributed by atoms with van der Waals surface area (Å²) >= 11 is 0. The maximum absolute atomic E-state index is 12.8. The first-order valence-electron chi connectivity index (χ1n) is 9.96. The van der Waals surface area contributed by atoms with Crippen molar-refractivity contribution < 1.29 is 9.59 Å². The Kier molecular flexibility index (Phi) is 6.61. The molecule has 1 aromatic rings. The fourth-order valence-electron chi connectivity index (χ4n) is 3.82. The van der Waals surface area contributed by atoms with Gasteiger partial charge in [-0.3, -0.25) is 14.6 Å². The molecule has 2 aliphatic rings. The lowest BCUT2D eigenvalue weighted by atomic mass is 10.1. The SMILES string of the molecule is CCN1CCN(C(=O)c2ccnc(C(=O)NC3CCCCCC3)c2)CC1. The molecule has 0 unspecified atom stereocenters. The fourth-order valence-corrected chi connectivity index (χ4v) is 3.82. The van der Waals surface area contributed by atoms with E-state index in [1.165, 1.54) is 25.7 Å². The van der Waals surface area contributed by atoms with Crippen LogP contribution in [0.3, 0.4) is 0 Å². The summed E-state index contributed by atoms with van der Waals surface area (Å²) in [6, 6.07) is 3.57. The van der Waals surface area contributed by atoms with Crippen molar-refractivity contribution in [2.75, 3.05) is 32.7 Å². The summed E-state index contributed by atoms with van der Waals surface area (Å²) in [5.41, 5.74) is 0.892. The first-order chi connectivity index (χ1) is 12.7. The van der Waals surface area contributed by atoms with Gasteiger partial charge in [0.2, 0.25) is 0 Å². The Morgan fingerprint density at radius 3 is 2.46 bits per heavy atom. The zero-order valence-electron chi connectivity index (χ0n) is 15.7. The normalized spacial score (nSPS) is 19.8. The Morgan fingerprint density at radius 1 is 1.12 bits per heavy atom. The quantitative estimate of drug-likeness (QED) is 0.839. The van der Waals surface area contributed by atoms with Gasteiger partial charge in [0.1, 0.15) is 5.69 Å². The highest BCUT2D eigenvalue weighted by atomic mass is 16.2. The molecule has 0 aromatic carbocycles. The number of pyridine rings is 1. The predicted molar refractivity (Wildman–Crippen MR) is 101 cm³/mol. The smallest absolute Gasteiger partial charge is 0.270 e. The van der Waals surface area contributed by atoms with Crippen LogP contribution in [0.2, 0.25) is 0 Å². The maximum Gasteiger partial charge on any atom is 0.270 e. The number of hydrogen-bond acceptors (Lipinski definition) is 4. The van der Waals surface area contributed by atoms with Crippen molar-refractivity contribution in [3.05, 3.63) is 29.6 Å². The third kappa shape index (κ3) is 4.81. The van der Waals surface area contributed by atoms with Crippen LogP contribution < -0.4 is 5.32 Å². The molecule has 1 aliphatic carbocycles. The largest absolute Gasteiger partial charge is 0.348 e. The lowest BCUT2D eigenvalue weighted by molar-refractivity contribution is 0.0643. The second kappa shape index (κ2) is 9.12. The Labute approximate surface area is 156 Å². The van der Waals surface area contributed by atoms with Crippen LogP contribution in [-0.2, 0) is 0 Å². The van der Waals surface area contributed by atoms with Gasteiger partial charge >= 0.3 is 0 Å². The number of rotatable bonds is 4. The van der Waals surface area contributed by atoms with Crippen molar-refractivity contribution in [2.24, 2.45) is 0 Å². The Balaban J connectivity index is 1.62. The molecule has 26 heavy (non-hydrogen) atoms. The third-order valence-corrected chi connectivity index (χ3v) is 5.54. The van der Waals surface area contributed by atoms with Gasteiger partial charge in [0.05, 0.1) is 0 Å². The Bertz CT molecular complexity index is 618. The molecule has 2 heterocycles. The molecule has 6 heteroatoms. The van der Waals surface area contributed by atoms with Gasteiger partial charge in [0, 0.05) is 44.0 Å². The monoisotopic (exact) mass is 358 g/mol. The lowest BCUT2D eigenvalue weighted by Crippen LogP contribution is -2.48. The number of amides is 2. The summed E-state index contributed by atoms with van der Waals surface area (Å²) in [6.45, 7) is 6.43. The molecule has 2 fully saturated rings. The van der Waals surface area contributed by atoms with Crippen molar-refractivity contribution >= 4 is 11.8 Å². The summed E-state index contributed by atoms with van der Waals surface area (Å²) in [5.74, 6) is -0.172. The molecule has 2 amide bonds. The third-order valence-electron chi connectivity index (χ3n) is 5.54. The van der Waals surface area contributed by atoms with E-state index < -0.39 is 0 Å². The standard InChI is InChI=1S/C20H30N4O2/c1-2-23-11-13-24(14-12-23)20(26)16-9-10-21-18(15-16)19(25)22-17-7-5-3-4-6-8-17/h9-10,15,17H,2-8,11-14H2,1H3,(H,22,25). The summed E-state index contributed by atoms with van der Waals surface area (Å²) in [7, 11) is 0. The van der Waals surface area contributed by atoms with E-state index in [0.29, 0.717) is 11.3 Å². The molecule has 1 aromatic heterocycles. The van der Waals surface area contributed by atoms with Crippen LogP contribution in [-0.4, -0.2) is 65.4 Å². The number of carbonyl (C=O) groups excluding carboxylic acids is 2. The van der Waals surface area contributed by atoms with Crippen molar-refractivity contribution in [3.63, 3.8) is 0 Å². The molecular formula is C20H30N4O2. The van der Waals surface area contributed by atoms with E-state index >= 15 is 0 Å². The van der Waals surface area contributed by atoms with Gasteiger partial charge in [0.15, 0.2) is 0 Å². The molecule has 1 saturated heterocycles. The minimum atomic E-state index is -0.164. The predicted octanol–water partition coefficient (Wildman–Crippen LogP) is 2.31. The molecular weight excluding hydrogens is 328 g/mol. The highest BCUT2D eigenvalue weighted by Crippen LogP contribution is 2.18. The minimum Gasteiger partial charge on any atom is -0.348 e. The summed E-state index contributed by atoms with van der Waals surface area (Å²) in [6.07, 6.45) is 8.47. The van der Waals surface area contributed by atoms with Crippen molar-refractivity contribution in [2.45, 2.75) is 51.5 Å². The van der Waals surface area contributed by atoms with E-state index in [2.05, 4.69) is 22.1 Å². The average molecular weight is 358 g/mol. The second-order valence-electron chi connectivity index (χ2n) is 7.32. The van der Waals surface area contributed by atoms with E-state index in [4.69, 9.17) is 0 Å². The average Bonchev–Trinajstić information content (AvgIpc) is 2.96. The number of nitrogens with one attached hydrogen (secondary N) is 1. The van der Waals surface area contributed by atoms with E-state index in [9.17, 15) is 9.59 Å². The minimum absolute atomic E-state index is 0.00771.